The Morgan fingerprint density at radius 3 is 2.62 bits per heavy atom. The monoisotopic (exact) mass is 335 g/mol. The molecule has 3 N–H and O–H groups in total. The van der Waals surface area contributed by atoms with Crippen LogP contribution in [0.25, 0.3) is 0 Å². The van der Waals surface area contributed by atoms with Gasteiger partial charge in [-0.2, -0.15) is 0 Å². The summed E-state index contributed by atoms with van der Waals surface area (Å²) >= 11 is 1.98. The summed E-state index contributed by atoms with van der Waals surface area (Å²) in [6.45, 7) is 3.30. The molecule has 0 heterocycles. The molecule has 0 bridgehead atoms. The number of phenolic OH excluding ortho intramolecular Hbond substituents is 1. The van der Waals surface area contributed by atoms with Crippen LogP contribution in [0, 0.1) is 3.57 Å². The molecule has 0 aliphatic rings. The number of aromatic hydroxyl groups is 1. The Balaban J connectivity index is 2.85. The largest absolute Gasteiger partial charge is 0.507 e. The van der Waals surface area contributed by atoms with Gasteiger partial charge in [-0.3, -0.25) is 4.79 Å². The molecular weight excluding hydrogens is 321 g/mol. The molecule has 1 rings (SSSR count). The van der Waals surface area contributed by atoms with Crippen molar-refractivity contribution >= 4 is 28.5 Å². The van der Waals surface area contributed by atoms with Gasteiger partial charge in [-0.1, -0.05) is 0 Å². The highest BCUT2D eigenvalue weighted by Crippen LogP contribution is 2.20. The molecule has 5 heteroatoms. The van der Waals surface area contributed by atoms with Gasteiger partial charge in [-0.05, 0) is 54.6 Å². The van der Waals surface area contributed by atoms with Crippen LogP contribution in [0.15, 0.2) is 18.2 Å². The van der Waals surface area contributed by atoms with Gasteiger partial charge in [0.05, 0.1) is 15.7 Å². The molecule has 88 valence electrons. The zero-order valence-electron chi connectivity index (χ0n) is 9.12. The molecule has 0 atom stereocenters. The first kappa shape index (κ1) is 13.2. The third-order valence-electron chi connectivity index (χ3n) is 2.06. The van der Waals surface area contributed by atoms with E-state index in [1.807, 2.05) is 22.6 Å². The minimum Gasteiger partial charge on any atom is -0.507 e. The van der Waals surface area contributed by atoms with Crippen molar-refractivity contribution in [3.8, 4) is 5.75 Å². The minimum absolute atomic E-state index is 0.0788. The SMILES string of the molecule is CC(C)(CO)NC(=O)c1ccc(I)c(O)c1. The molecule has 0 spiro atoms. The van der Waals surface area contributed by atoms with Crippen molar-refractivity contribution in [1.82, 2.24) is 5.32 Å². The highest BCUT2D eigenvalue weighted by atomic mass is 127. The van der Waals surface area contributed by atoms with Gasteiger partial charge >= 0.3 is 0 Å². The summed E-state index contributed by atoms with van der Waals surface area (Å²) in [4.78, 5) is 11.7. The summed E-state index contributed by atoms with van der Waals surface area (Å²) in [5.41, 5.74) is -0.296. The molecule has 0 aliphatic heterocycles. The van der Waals surface area contributed by atoms with Gasteiger partial charge in [0.25, 0.3) is 5.91 Å². The number of halogens is 1. The van der Waals surface area contributed by atoms with E-state index < -0.39 is 5.54 Å². The average Bonchev–Trinajstić information content (AvgIpc) is 2.21. The molecule has 0 saturated heterocycles. The number of carbonyl (C=O) groups is 1. The Hall–Kier alpha value is -0.820. The lowest BCUT2D eigenvalue weighted by molar-refractivity contribution is 0.0869. The maximum Gasteiger partial charge on any atom is 0.251 e. The summed E-state index contributed by atoms with van der Waals surface area (Å²) in [6, 6.07) is 4.70. The topological polar surface area (TPSA) is 69.6 Å². The molecule has 16 heavy (non-hydrogen) atoms. The predicted octanol–water partition coefficient (Wildman–Crippen LogP) is 1.50. The Labute approximate surface area is 108 Å². The number of carbonyl (C=O) groups excluding carboxylic acids is 1. The van der Waals surface area contributed by atoms with Crippen LogP contribution >= 0.6 is 22.6 Å². The van der Waals surface area contributed by atoms with Crippen LogP contribution in [0.4, 0.5) is 0 Å². The maximum atomic E-state index is 11.7. The molecule has 0 aliphatic carbocycles. The molecule has 1 aromatic carbocycles. The number of rotatable bonds is 3. The second-order valence-electron chi connectivity index (χ2n) is 4.16. The first-order valence-electron chi connectivity index (χ1n) is 4.77. The quantitative estimate of drug-likeness (QED) is 0.733. The highest BCUT2D eigenvalue weighted by molar-refractivity contribution is 14.1. The Morgan fingerprint density at radius 2 is 2.12 bits per heavy atom. The van der Waals surface area contributed by atoms with Gasteiger partial charge in [0.2, 0.25) is 0 Å². The fourth-order valence-corrected chi connectivity index (χ4v) is 1.41. The van der Waals surface area contributed by atoms with Crippen molar-refractivity contribution in [3.63, 3.8) is 0 Å². The lowest BCUT2D eigenvalue weighted by Crippen LogP contribution is -2.46. The second-order valence-corrected chi connectivity index (χ2v) is 5.32. The summed E-state index contributed by atoms with van der Waals surface area (Å²) in [7, 11) is 0. The van der Waals surface area contributed by atoms with Crippen LogP contribution in [-0.4, -0.2) is 28.3 Å². The number of nitrogens with one attached hydrogen (secondary N) is 1. The van der Waals surface area contributed by atoms with Crippen molar-refractivity contribution in [2.45, 2.75) is 19.4 Å². The van der Waals surface area contributed by atoms with E-state index in [9.17, 15) is 9.90 Å². The lowest BCUT2D eigenvalue weighted by Gasteiger charge is -2.23. The second kappa shape index (κ2) is 5.01. The highest BCUT2D eigenvalue weighted by Gasteiger charge is 2.20. The number of phenols is 1. The Bertz CT molecular complexity index is 404. The van der Waals surface area contributed by atoms with E-state index in [0.717, 1.165) is 0 Å². The number of aliphatic hydroxyl groups excluding tert-OH is 1. The van der Waals surface area contributed by atoms with Crippen LogP contribution in [-0.2, 0) is 0 Å². The fraction of sp³-hybridized carbons (Fsp3) is 0.364. The van der Waals surface area contributed by atoms with E-state index >= 15 is 0 Å². The summed E-state index contributed by atoms with van der Waals surface area (Å²) in [5.74, 6) is -0.235. The standard InChI is InChI=1S/C11H14INO3/c1-11(2,6-14)13-10(16)7-3-4-8(12)9(15)5-7/h3-5,14-15H,6H2,1-2H3,(H,13,16). The number of aliphatic hydroxyl groups is 1. The van der Waals surface area contributed by atoms with Crippen LogP contribution < -0.4 is 5.32 Å². The maximum absolute atomic E-state index is 11.7. The third kappa shape index (κ3) is 3.34. The predicted molar refractivity (Wildman–Crippen MR) is 69.5 cm³/mol. The van der Waals surface area contributed by atoms with Crippen molar-refractivity contribution in [2.75, 3.05) is 6.61 Å². The van der Waals surface area contributed by atoms with Crippen LogP contribution in [0.1, 0.15) is 24.2 Å². The number of benzene rings is 1. The number of hydrogen-bond donors (Lipinski definition) is 3. The molecule has 0 unspecified atom stereocenters. The lowest BCUT2D eigenvalue weighted by atomic mass is 10.1. The Kier molecular flexibility index (Phi) is 4.15. The van der Waals surface area contributed by atoms with Gasteiger partial charge in [-0.25, -0.2) is 0 Å². The van der Waals surface area contributed by atoms with Crippen LogP contribution in [0.3, 0.4) is 0 Å². The molecule has 0 radical (unpaired) electrons. The van der Waals surface area contributed by atoms with Gasteiger partial charge < -0.3 is 15.5 Å². The summed E-state index contributed by atoms with van der Waals surface area (Å²) in [5, 5.41) is 21.2. The third-order valence-corrected chi connectivity index (χ3v) is 2.97. The molecule has 0 fully saturated rings. The average molecular weight is 335 g/mol. The van der Waals surface area contributed by atoms with Gasteiger partial charge in [0, 0.05) is 5.56 Å². The minimum atomic E-state index is -0.671. The molecular formula is C11H14INO3. The Morgan fingerprint density at radius 1 is 1.50 bits per heavy atom. The van der Waals surface area contributed by atoms with E-state index in [4.69, 9.17) is 5.11 Å². The fourth-order valence-electron chi connectivity index (χ4n) is 1.07. The van der Waals surface area contributed by atoms with Crippen molar-refractivity contribution < 1.29 is 15.0 Å². The summed E-state index contributed by atoms with van der Waals surface area (Å²) < 4.78 is 0.690. The first-order chi connectivity index (χ1) is 7.35. The number of hydrogen-bond acceptors (Lipinski definition) is 3. The van der Waals surface area contributed by atoms with Crippen LogP contribution in [0.2, 0.25) is 0 Å². The normalized spacial score (nSPS) is 11.2. The van der Waals surface area contributed by atoms with E-state index in [1.54, 1.807) is 26.0 Å². The molecule has 1 aromatic rings. The zero-order valence-corrected chi connectivity index (χ0v) is 11.3. The van der Waals surface area contributed by atoms with Crippen molar-refractivity contribution in [3.05, 3.63) is 27.3 Å². The van der Waals surface area contributed by atoms with Crippen LogP contribution in [0.5, 0.6) is 5.75 Å². The van der Waals surface area contributed by atoms with E-state index in [-0.39, 0.29) is 18.3 Å². The van der Waals surface area contributed by atoms with E-state index in [1.165, 1.54) is 6.07 Å². The van der Waals surface area contributed by atoms with E-state index in [2.05, 4.69) is 5.32 Å². The van der Waals surface area contributed by atoms with E-state index in [0.29, 0.717) is 9.13 Å². The van der Waals surface area contributed by atoms with Gasteiger partial charge in [0.15, 0.2) is 0 Å². The molecule has 4 nitrogen and oxygen atoms in total. The van der Waals surface area contributed by atoms with Crippen molar-refractivity contribution in [2.24, 2.45) is 0 Å². The first-order valence-corrected chi connectivity index (χ1v) is 5.85. The molecule has 0 saturated carbocycles. The number of amides is 1. The zero-order chi connectivity index (χ0) is 12.3. The smallest absolute Gasteiger partial charge is 0.251 e. The van der Waals surface area contributed by atoms with Crippen molar-refractivity contribution in [1.29, 1.82) is 0 Å². The van der Waals surface area contributed by atoms with Gasteiger partial charge in [-0.15, -0.1) is 0 Å². The molecule has 1 amide bonds. The molecule has 0 aromatic heterocycles. The summed E-state index contributed by atoms with van der Waals surface area (Å²) in [6.07, 6.45) is 0. The van der Waals surface area contributed by atoms with Gasteiger partial charge in [0.1, 0.15) is 5.75 Å².